The topological polar surface area (TPSA) is 38.3 Å². The lowest BCUT2D eigenvalue weighted by atomic mass is 10.1. The van der Waals surface area contributed by atoms with E-state index in [1.165, 1.54) is 0 Å². The standard InChI is InChI=1S/C20H24ClNO2/c1-14-8-6-12-19(15(14)2)24-16(3)20(23)22-13-7-10-17-9-4-5-11-18(17)21/h4-6,8-9,11-12,16H,7,10,13H2,1-3H3,(H,22,23)/t16-/m1/s1. The van der Waals surface area contributed by atoms with Gasteiger partial charge < -0.3 is 10.1 Å². The van der Waals surface area contributed by atoms with Gasteiger partial charge >= 0.3 is 0 Å². The molecule has 0 unspecified atom stereocenters. The van der Waals surface area contributed by atoms with E-state index in [0.29, 0.717) is 6.54 Å². The molecule has 0 radical (unpaired) electrons. The number of amides is 1. The number of carbonyl (C=O) groups is 1. The highest BCUT2D eigenvalue weighted by Gasteiger charge is 2.15. The number of rotatable bonds is 7. The number of aryl methyl sites for hydroxylation is 2. The summed E-state index contributed by atoms with van der Waals surface area (Å²) in [6.07, 6.45) is 1.16. The first-order valence-corrected chi connectivity index (χ1v) is 8.61. The number of benzene rings is 2. The van der Waals surface area contributed by atoms with Crippen molar-refractivity contribution in [1.82, 2.24) is 5.32 Å². The third kappa shape index (κ3) is 5.00. The van der Waals surface area contributed by atoms with E-state index in [2.05, 4.69) is 5.32 Å². The van der Waals surface area contributed by atoms with Crippen molar-refractivity contribution in [3.8, 4) is 5.75 Å². The largest absolute Gasteiger partial charge is 0.481 e. The molecule has 2 aromatic rings. The van der Waals surface area contributed by atoms with Gasteiger partial charge in [0.05, 0.1) is 0 Å². The van der Waals surface area contributed by atoms with E-state index in [0.717, 1.165) is 40.3 Å². The monoisotopic (exact) mass is 345 g/mol. The smallest absolute Gasteiger partial charge is 0.260 e. The lowest BCUT2D eigenvalue weighted by Crippen LogP contribution is -2.37. The van der Waals surface area contributed by atoms with Crippen LogP contribution in [-0.4, -0.2) is 18.6 Å². The van der Waals surface area contributed by atoms with Crippen LogP contribution in [0.1, 0.15) is 30.0 Å². The number of hydrogen-bond donors (Lipinski definition) is 1. The van der Waals surface area contributed by atoms with Crippen molar-refractivity contribution in [3.63, 3.8) is 0 Å². The molecule has 0 aliphatic heterocycles. The maximum absolute atomic E-state index is 12.2. The Bertz CT molecular complexity index is 700. The van der Waals surface area contributed by atoms with E-state index in [1.54, 1.807) is 6.92 Å². The summed E-state index contributed by atoms with van der Waals surface area (Å²) in [5, 5.41) is 3.69. The van der Waals surface area contributed by atoms with Gasteiger partial charge in [-0.05, 0) is 62.4 Å². The average molecular weight is 346 g/mol. The zero-order valence-electron chi connectivity index (χ0n) is 14.4. The minimum absolute atomic E-state index is 0.102. The van der Waals surface area contributed by atoms with Crippen molar-refractivity contribution in [2.24, 2.45) is 0 Å². The third-order valence-corrected chi connectivity index (χ3v) is 4.48. The molecule has 0 aromatic heterocycles. The van der Waals surface area contributed by atoms with E-state index >= 15 is 0 Å². The molecule has 0 aliphatic rings. The Morgan fingerprint density at radius 2 is 1.92 bits per heavy atom. The van der Waals surface area contributed by atoms with Crippen LogP contribution < -0.4 is 10.1 Å². The number of hydrogen-bond acceptors (Lipinski definition) is 2. The van der Waals surface area contributed by atoms with Crippen molar-refractivity contribution >= 4 is 17.5 Å². The molecule has 0 saturated carbocycles. The van der Waals surface area contributed by atoms with Gasteiger partial charge in [0.15, 0.2) is 6.10 Å². The highest BCUT2D eigenvalue weighted by Crippen LogP contribution is 2.21. The van der Waals surface area contributed by atoms with Gasteiger partial charge in [-0.1, -0.05) is 41.9 Å². The number of nitrogens with one attached hydrogen (secondary N) is 1. The second-order valence-corrected chi connectivity index (χ2v) is 6.35. The fraction of sp³-hybridized carbons (Fsp3) is 0.350. The second kappa shape index (κ2) is 8.74. The van der Waals surface area contributed by atoms with Crippen LogP contribution in [-0.2, 0) is 11.2 Å². The third-order valence-electron chi connectivity index (χ3n) is 4.11. The van der Waals surface area contributed by atoms with Crippen LogP contribution >= 0.6 is 11.6 Å². The second-order valence-electron chi connectivity index (χ2n) is 5.94. The van der Waals surface area contributed by atoms with Crippen molar-refractivity contribution in [2.75, 3.05) is 6.54 Å². The minimum Gasteiger partial charge on any atom is -0.481 e. The maximum Gasteiger partial charge on any atom is 0.260 e. The fourth-order valence-electron chi connectivity index (χ4n) is 2.43. The molecule has 2 aromatic carbocycles. The summed E-state index contributed by atoms with van der Waals surface area (Å²) in [6.45, 7) is 6.40. The average Bonchev–Trinajstić information content (AvgIpc) is 2.57. The summed E-state index contributed by atoms with van der Waals surface area (Å²) in [6, 6.07) is 13.6. The van der Waals surface area contributed by atoms with Gasteiger partial charge in [0.1, 0.15) is 5.75 Å². The summed E-state index contributed by atoms with van der Waals surface area (Å²) in [7, 11) is 0. The Labute approximate surface area is 149 Å². The van der Waals surface area contributed by atoms with Crippen LogP contribution in [0.25, 0.3) is 0 Å². The van der Waals surface area contributed by atoms with Crippen molar-refractivity contribution in [3.05, 3.63) is 64.2 Å². The quantitative estimate of drug-likeness (QED) is 0.752. The van der Waals surface area contributed by atoms with E-state index in [1.807, 2.05) is 56.3 Å². The summed E-state index contributed by atoms with van der Waals surface area (Å²) < 4.78 is 5.79. The van der Waals surface area contributed by atoms with Gasteiger partial charge in [0.25, 0.3) is 5.91 Å². The van der Waals surface area contributed by atoms with Gasteiger partial charge in [0, 0.05) is 11.6 Å². The molecule has 1 atom stereocenters. The van der Waals surface area contributed by atoms with E-state index in [4.69, 9.17) is 16.3 Å². The Morgan fingerprint density at radius 3 is 2.67 bits per heavy atom. The first-order valence-electron chi connectivity index (χ1n) is 8.23. The molecule has 2 rings (SSSR count). The molecule has 0 heterocycles. The molecule has 0 fully saturated rings. The van der Waals surface area contributed by atoms with Crippen LogP contribution in [0.2, 0.25) is 5.02 Å². The fourth-order valence-corrected chi connectivity index (χ4v) is 2.66. The van der Waals surface area contributed by atoms with E-state index < -0.39 is 6.10 Å². The SMILES string of the molecule is Cc1cccc(O[C@H](C)C(=O)NCCCc2ccccc2Cl)c1C. The van der Waals surface area contributed by atoms with Crippen molar-refractivity contribution in [1.29, 1.82) is 0 Å². The van der Waals surface area contributed by atoms with Crippen LogP contribution in [0, 0.1) is 13.8 Å². The van der Waals surface area contributed by atoms with Crippen molar-refractivity contribution < 1.29 is 9.53 Å². The Balaban J connectivity index is 1.78. The normalized spacial score (nSPS) is 11.8. The molecule has 1 amide bonds. The van der Waals surface area contributed by atoms with Gasteiger partial charge in [0.2, 0.25) is 0 Å². The van der Waals surface area contributed by atoms with Crippen molar-refractivity contribution in [2.45, 2.75) is 39.7 Å². The molecule has 128 valence electrons. The maximum atomic E-state index is 12.2. The summed E-state index contributed by atoms with van der Waals surface area (Å²) in [5.74, 6) is 0.656. The molecule has 4 heteroatoms. The van der Waals surface area contributed by atoms with Crippen LogP contribution in [0.4, 0.5) is 0 Å². The zero-order valence-corrected chi connectivity index (χ0v) is 15.2. The molecule has 0 saturated heterocycles. The van der Waals surface area contributed by atoms with E-state index in [-0.39, 0.29) is 5.91 Å². The van der Waals surface area contributed by atoms with Gasteiger partial charge in [-0.15, -0.1) is 0 Å². The molecule has 0 spiro atoms. The van der Waals surface area contributed by atoms with E-state index in [9.17, 15) is 4.79 Å². The number of ether oxygens (including phenoxy) is 1. The van der Waals surface area contributed by atoms with Gasteiger partial charge in [-0.3, -0.25) is 4.79 Å². The summed E-state index contributed by atoms with van der Waals surface area (Å²) in [4.78, 5) is 12.2. The minimum atomic E-state index is -0.522. The molecule has 24 heavy (non-hydrogen) atoms. The molecule has 3 nitrogen and oxygen atoms in total. The predicted octanol–water partition coefficient (Wildman–Crippen LogP) is 4.47. The Hall–Kier alpha value is -2.00. The molecular weight excluding hydrogens is 322 g/mol. The van der Waals surface area contributed by atoms with Crippen LogP contribution in [0.5, 0.6) is 5.75 Å². The van der Waals surface area contributed by atoms with Crippen LogP contribution in [0.15, 0.2) is 42.5 Å². The van der Waals surface area contributed by atoms with Crippen LogP contribution in [0.3, 0.4) is 0 Å². The number of carbonyl (C=O) groups excluding carboxylic acids is 1. The summed E-state index contributed by atoms with van der Waals surface area (Å²) in [5.41, 5.74) is 3.32. The predicted molar refractivity (Wildman–Crippen MR) is 98.8 cm³/mol. The molecule has 0 bridgehead atoms. The first-order chi connectivity index (χ1) is 11.5. The first kappa shape index (κ1) is 18.3. The lowest BCUT2D eigenvalue weighted by Gasteiger charge is -2.17. The molecular formula is C20H24ClNO2. The number of halogens is 1. The zero-order chi connectivity index (χ0) is 17.5. The highest BCUT2D eigenvalue weighted by molar-refractivity contribution is 6.31. The lowest BCUT2D eigenvalue weighted by molar-refractivity contribution is -0.127. The summed E-state index contributed by atoms with van der Waals surface area (Å²) >= 11 is 6.13. The Kier molecular flexibility index (Phi) is 6.68. The van der Waals surface area contributed by atoms with Gasteiger partial charge in [-0.2, -0.15) is 0 Å². The molecule has 1 N–H and O–H groups in total. The Morgan fingerprint density at radius 1 is 1.17 bits per heavy atom. The molecule has 0 aliphatic carbocycles. The van der Waals surface area contributed by atoms with Gasteiger partial charge in [-0.25, -0.2) is 0 Å². The highest BCUT2D eigenvalue weighted by atomic mass is 35.5.